The van der Waals surface area contributed by atoms with E-state index in [1.807, 2.05) is 0 Å². The van der Waals surface area contributed by atoms with Gasteiger partial charge in [-0.3, -0.25) is 9.78 Å². The number of rotatable bonds is 2. The molecule has 0 atom stereocenters. The van der Waals surface area contributed by atoms with Crippen LogP contribution in [0.5, 0.6) is 5.75 Å². The third-order valence-corrected chi connectivity index (χ3v) is 2.39. The highest BCUT2D eigenvalue weighted by Gasteiger charge is 2.12. The van der Waals surface area contributed by atoms with Gasteiger partial charge in [-0.2, -0.15) is 5.26 Å². The molecule has 0 fully saturated rings. The first-order chi connectivity index (χ1) is 9.11. The van der Waals surface area contributed by atoms with E-state index >= 15 is 0 Å². The number of nitrogens with one attached hydrogen (secondary N) is 1. The van der Waals surface area contributed by atoms with Crippen molar-refractivity contribution in [2.75, 3.05) is 5.32 Å². The van der Waals surface area contributed by atoms with Gasteiger partial charge in [0, 0.05) is 11.9 Å². The van der Waals surface area contributed by atoms with Crippen molar-refractivity contribution < 1.29 is 14.3 Å². The molecule has 0 aliphatic heterocycles. The summed E-state index contributed by atoms with van der Waals surface area (Å²) in [7, 11) is 0. The number of anilines is 1. The molecule has 0 unspecified atom stereocenters. The summed E-state index contributed by atoms with van der Waals surface area (Å²) in [6, 6.07) is 6.64. The molecule has 1 heterocycles. The Balaban J connectivity index is 2.25. The van der Waals surface area contributed by atoms with Gasteiger partial charge in [0.2, 0.25) is 0 Å². The predicted molar refractivity (Wildman–Crippen MR) is 65.0 cm³/mol. The molecule has 0 aliphatic rings. The lowest BCUT2D eigenvalue weighted by molar-refractivity contribution is 0.102. The van der Waals surface area contributed by atoms with E-state index in [1.165, 1.54) is 24.4 Å². The SMILES string of the molecule is N#Cc1cc(NC(=O)c2ccncc2O)ccc1F. The summed E-state index contributed by atoms with van der Waals surface area (Å²) in [6.07, 6.45) is 2.50. The first-order valence-electron chi connectivity index (χ1n) is 5.26. The number of hydrogen-bond acceptors (Lipinski definition) is 4. The highest BCUT2D eigenvalue weighted by atomic mass is 19.1. The molecule has 2 N–H and O–H groups in total. The van der Waals surface area contributed by atoms with Crippen LogP contribution in [-0.2, 0) is 0 Å². The molecule has 94 valence electrons. The largest absolute Gasteiger partial charge is 0.505 e. The Bertz CT molecular complexity index is 680. The van der Waals surface area contributed by atoms with Gasteiger partial charge >= 0.3 is 0 Å². The van der Waals surface area contributed by atoms with E-state index in [0.717, 1.165) is 12.3 Å². The number of pyridine rings is 1. The van der Waals surface area contributed by atoms with E-state index in [4.69, 9.17) is 5.26 Å². The summed E-state index contributed by atoms with van der Waals surface area (Å²) in [4.78, 5) is 15.5. The van der Waals surface area contributed by atoms with Gasteiger partial charge in [-0.1, -0.05) is 0 Å². The van der Waals surface area contributed by atoms with Crippen molar-refractivity contribution in [1.82, 2.24) is 4.98 Å². The lowest BCUT2D eigenvalue weighted by atomic mass is 10.2. The molecule has 2 rings (SSSR count). The number of nitrogens with zero attached hydrogens (tertiary/aromatic N) is 2. The van der Waals surface area contributed by atoms with E-state index in [2.05, 4.69) is 10.3 Å². The second-order valence-electron chi connectivity index (χ2n) is 3.65. The number of aromatic hydroxyl groups is 1. The lowest BCUT2D eigenvalue weighted by Gasteiger charge is -2.06. The van der Waals surface area contributed by atoms with Crippen LogP contribution in [0.15, 0.2) is 36.7 Å². The van der Waals surface area contributed by atoms with E-state index in [-0.39, 0.29) is 22.6 Å². The molecule has 1 aromatic heterocycles. The van der Waals surface area contributed by atoms with Crippen LogP contribution in [0.3, 0.4) is 0 Å². The molecule has 1 aromatic carbocycles. The Morgan fingerprint density at radius 3 is 2.89 bits per heavy atom. The minimum Gasteiger partial charge on any atom is -0.505 e. The molecule has 0 saturated heterocycles. The van der Waals surface area contributed by atoms with Gasteiger partial charge in [-0.25, -0.2) is 4.39 Å². The molecule has 0 radical (unpaired) electrons. The Morgan fingerprint density at radius 1 is 1.42 bits per heavy atom. The van der Waals surface area contributed by atoms with Crippen molar-refractivity contribution in [2.45, 2.75) is 0 Å². The van der Waals surface area contributed by atoms with Crippen molar-refractivity contribution in [1.29, 1.82) is 5.26 Å². The summed E-state index contributed by atoms with van der Waals surface area (Å²) in [5, 5.41) is 20.6. The minimum absolute atomic E-state index is 0.0397. The Hall–Kier alpha value is -2.94. The lowest BCUT2D eigenvalue weighted by Crippen LogP contribution is -2.12. The molecular formula is C13H8FN3O2. The van der Waals surface area contributed by atoms with Crippen molar-refractivity contribution in [3.05, 3.63) is 53.6 Å². The van der Waals surface area contributed by atoms with Crippen LogP contribution < -0.4 is 5.32 Å². The Kier molecular flexibility index (Phi) is 3.39. The van der Waals surface area contributed by atoms with Crippen LogP contribution in [0.1, 0.15) is 15.9 Å². The smallest absolute Gasteiger partial charge is 0.259 e. The topological polar surface area (TPSA) is 86.0 Å². The third-order valence-electron chi connectivity index (χ3n) is 2.39. The number of aromatic nitrogens is 1. The number of carbonyl (C=O) groups is 1. The van der Waals surface area contributed by atoms with E-state index < -0.39 is 11.7 Å². The zero-order valence-electron chi connectivity index (χ0n) is 9.59. The predicted octanol–water partition coefficient (Wildman–Crippen LogP) is 2.05. The molecular weight excluding hydrogens is 249 g/mol. The summed E-state index contributed by atoms with van der Waals surface area (Å²) in [5.74, 6) is -1.50. The van der Waals surface area contributed by atoms with Crippen molar-refractivity contribution in [3.63, 3.8) is 0 Å². The van der Waals surface area contributed by atoms with Gasteiger partial charge in [0.1, 0.15) is 17.6 Å². The summed E-state index contributed by atoms with van der Waals surface area (Å²) in [5.41, 5.74) is 0.133. The molecule has 19 heavy (non-hydrogen) atoms. The monoisotopic (exact) mass is 257 g/mol. The average molecular weight is 257 g/mol. The maximum absolute atomic E-state index is 13.1. The van der Waals surface area contributed by atoms with Gasteiger partial charge in [0.15, 0.2) is 0 Å². The second kappa shape index (κ2) is 5.14. The number of halogens is 1. The highest BCUT2D eigenvalue weighted by molar-refractivity contribution is 6.06. The van der Waals surface area contributed by atoms with Crippen molar-refractivity contribution in [3.8, 4) is 11.8 Å². The fourth-order valence-corrected chi connectivity index (χ4v) is 1.47. The van der Waals surface area contributed by atoms with Crippen LogP contribution in [-0.4, -0.2) is 16.0 Å². The van der Waals surface area contributed by atoms with Crippen LogP contribution in [0, 0.1) is 17.1 Å². The highest BCUT2D eigenvalue weighted by Crippen LogP contribution is 2.18. The standard InChI is InChI=1S/C13H8FN3O2/c14-11-2-1-9(5-8(11)6-15)17-13(19)10-3-4-16-7-12(10)18/h1-5,7,18H,(H,17,19). The Labute approximate surface area is 108 Å². The molecule has 1 amide bonds. The van der Waals surface area contributed by atoms with E-state index in [0.29, 0.717) is 0 Å². The van der Waals surface area contributed by atoms with Crippen LogP contribution >= 0.6 is 0 Å². The molecule has 6 heteroatoms. The zero-order valence-corrected chi connectivity index (χ0v) is 9.59. The van der Waals surface area contributed by atoms with Crippen LogP contribution in [0.25, 0.3) is 0 Å². The van der Waals surface area contributed by atoms with E-state index in [1.54, 1.807) is 6.07 Å². The maximum atomic E-state index is 13.1. The maximum Gasteiger partial charge on any atom is 0.259 e. The molecule has 5 nitrogen and oxygen atoms in total. The number of amides is 1. The van der Waals surface area contributed by atoms with Crippen molar-refractivity contribution >= 4 is 11.6 Å². The number of hydrogen-bond donors (Lipinski definition) is 2. The van der Waals surface area contributed by atoms with Crippen LogP contribution in [0.2, 0.25) is 0 Å². The number of carbonyl (C=O) groups excluding carboxylic acids is 1. The van der Waals surface area contributed by atoms with Crippen molar-refractivity contribution in [2.24, 2.45) is 0 Å². The summed E-state index contributed by atoms with van der Waals surface area (Å²) in [6.45, 7) is 0. The Morgan fingerprint density at radius 2 is 2.21 bits per heavy atom. The van der Waals surface area contributed by atoms with E-state index in [9.17, 15) is 14.3 Å². The second-order valence-corrected chi connectivity index (χ2v) is 3.65. The van der Waals surface area contributed by atoms with Gasteiger partial charge in [0.25, 0.3) is 5.91 Å². The first kappa shape index (κ1) is 12.5. The fraction of sp³-hybridized carbons (Fsp3) is 0. The summed E-state index contributed by atoms with van der Waals surface area (Å²) >= 11 is 0. The fourth-order valence-electron chi connectivity index (χ4n) is 1.47. The van der Waals surface area contributed by atoms with Gasteiger partial charge < -0.3 is 10.4 Å². The quantitative estimate of drug-likeness (QED) is 0.862. The number of benzene rings is 1. The molecule has 0 bridgehead atoms. The third kappa shape index (κ3) is 2.66. The molecule has 2 aromatic rings. The zero-order chi connectivity index (χ0) is 13.8. The molecule has 0 aliphatic carbocycles. The van der Waals surface area contributed by atoms with Gasteiger partial charge in [0.05, 0.1) is 17.3 Å². The molecule has 0 spiro atoms. The van der Waals surface area contributed by atoms with Crippen LogP contribution in [0.4, 0.5) is 10.1 Å². The van der Waals surface area contributed by atoms with Gasteiger partial charge in [-0.05, 0) is 24.3 Å². The summed E-state index contributed by atoms with van der Waals surface area (Å²) < 4.78 is 13.1. The minimum atomic E-state index is -0.660. The van der Waals surface area contributed by atoms with Gasteiger partial charge in [-0.15, -0.1) is 0 Å². The number of nitriles is 1. The normalized spacial score (nSPS) is 9.68. The average Bonchev–Trinajstić information content (AvgIpc) is 2.41. The first-order valence-corrected chi connectivity index (χ1v) is 5.26. The molecule has 0 saturated carbocycles.